The zero-order chi connectivity index (χ0) is 16.8. The number of phosphoric acid groups is 1. The van der Waals surface area contributed by atoms with Crippen molar-refractivity contribution in [2.75, 3.05) is 13.2 Å². The van der Waals surface area contributed by atoms with E-state index in [0.29, 0.717) is 12.3 Å². The molecule has 0 saturated heterocycles. The van der Waals surface area contributed by atoms with Crippen molar-refractivity contribution in [2.45, 2.75) is 46.0 Å². The predicted octanol–water partition coefficient (Wildman–Crippen LogP) is 0.861. The second-order valence-corrected chi connectivity index (χ2v) is 6.61. The monoisotopic (exact) mass is 332 g/mol. The van der Waals surface area contributed by atoms with Crippen molar-refractivity contribution in [1.82, 2.24) is 0 Å². The number of ether oxygens (including phenoxy) is 1. The summed E-state index contributed by atoms with van der Waals surface area (Å²) in [5.41, 5.74) is -0.0548. The van der Waals surface area contributed by atoms with Gasteiger partial charge in [0.15, 0.2) is 5.78 Å². The minimum atomic E-state index is -5.15. The minimum Gasteiger partial charge on any atom is -0.790 e. The zero-order valence-corrected chi connectivity index (χ0v) is 13.7. The summed E-state index contributed by atoms with van der Waals surface area (Å²) >= 11 is 0. The topological polar surface area (TPSA) is 116 Å². The molecule has 0 aromatic rings. The van der Waals surface area contributed by atoms with Gasteiger partial charge in [-0.05, 0) is 12.3 Å². The van der Waals surface area contributed by atoms with E-state index in [4.69, 9.17) is 4.74 Å². The van der Waals surface area contributed by atoms with Crippen molar-refractivity contribution in [3.8, 4) is 0 Å². The maximum atomic E-state index is 12.1. The van der Waals surface area contributed by atoms with Crippen LogP contribution in [0.1, 0.15) is 46.0 Å². The van der Waals surface area contributed by atoms with Gasteiger partial charge in [0.1, 0.15) is 12.2 Å². The van der Waals surface area contributed by atoms with Crippen molar-refractivity contribution >= 4 is 19.6 Å². The fourth-order valence-electron chi connectivity index (χ4n) is 2.13. The zero-order valence-electron chi connectivity index (χ0n) is 12.8. The number of ketones is 1. The van der Waals surface area contributed by atoms with Gasteiger partial charge in [-0.3, -0.25) is 4.79 Å². The van der Waals surface area contributed by atoms with E-state index in [-0.39, 0.29) is 24.2 Å². The van der Waals surface area contributed by atoms with Crippen LogP contribution in [0.25, 0.3) is 0 Å². The van der Waals surface area contributed by atoms with Gasteiger partial charge in [0.25, 0.3) is 0 Å². The fraction of sp³-hybridized carbons (Fsp3) is 0.714. The molecular formula is C14H21O7P-2. The van der Waals surface area contributed by atoms with Gasteiger partial charge < -0.3 is 23.6 Å². The Morgan fingerprint density at radius 2 is 2.09 bits per heavy atom. The third-order valence-electron chi connectivity index (χ3n) is 3.66. The summed E-state index contributed by atoms with van der Waals surface area (Å²) in [4.78, 5) is 44.6. The first-order valence-corrected chi connectivity index (χ1v) is 8.79. The molecule has 126 valence electrons. The molecule has 0 N–H and O–H groups in total. The number of unbranched alkanes of at least 4 members (excludes halogenated alkanes) is 1. The highest BCUT2D eigenvalue weighted by atomic mass is 31.2. The molecule has 0 aromatic carbocycles. The quantitative estimate of drug-likeness (QED) is 0.252. The average molecular weight is 332 g/mol. The van der Waals surface area contributed by atoms with Gasteiger partial charge in [-0.1, -0.05) is 33.1 Å². The van der Waals surface area contributed by atoms with Crippen LogP contribution < -0.4 is 9.79 Å². The molecule has 0 fully saturated rings. The Hall–Kier alpha value is -1.01. The Kier molecular flexibility index (Phi) is 7.42. The SMILES string of the molecule is CCC(C)CCCCC(=O)C1=C(COP(=O)([O-])[O-])COC1=O. The van der Waals surface area contributed by atoms with Crippen molar-refractivity contribution in [2.24, 2.45) is 5.92 Å². The van der Waals surface area contributed by atoms with Crippen LogP contribution in [0, 0.1) is 5.92 Å². The van der Waals surface area contributed by atoms with Gasteiger partial charge in [0.2, 0.25) is 0 Å². The number of carbonyl (C=O) groups is 2. The number of Topliss-reactive ketones (excluding diaryl/α,β-unsaturated/α-hetero) is 1. The van der Waals surface area contributed by atoms with Crippen molar-refractivity contribution in [3.63, 3.8) is 0 Å². The summed E-state index contributed by atoms with van der Waals surface area (Å²) in [6, 6.07) is 0. The van der Waals surface area contributed by atoms with Crippen molar-refractivity contribution < 1.29 is 33.2 Å². The minimum absolute atomic E-state index is 0.115. The third kappa shape index (κ3) is 6.40. The number of hydrogen-bond donors (Lipinski definition) is 0. The largest absolute Gasteiger partial charge is 0.790 e. The molecule has 1 heterocycles. The maximum Gasteiger partial charge on any atom is 0.342 e. The number of carbonyl (C=O) groups excluding carboxylic acids is 2. The van der Waals surface area contributed by atoms with Gasteiger partial charge >= 0.3 is 5.97 Å². The molecular weight excluding hydrogens is 311 g/mol. The van der Waals surface area contributed by atoms with Crippen LogP contribution in [0.5, 0.6) is 0 Å². The van der Waals surface area contributed by atoms with Crippen molar-refractivity contribution in [1.29, 1.82) is 0 Å². The number of cyclic esters (lactones) is 1. The smallest absolute Gasteiger partial charge is 0.342 e. The van der Waals surface area contributed by atoms with Gasteiger partial charge in [-0.2, -0.15) is 0 Å². The molecule has 1 aliphatic rings. The van der Waals surface area contributed by atoms with E-state index in [2.05, 4.69) is 18.4 Å². The van der Waals surface area contributed by atoms with Crippen LogP contribution in [-0.4, -0.2) is 25.0 Å². The third-order valence-corrected chi connectivity index (χ3v) is 4.10. The van der Waals surface area contributed by atoms with Gasteiger partial charge in [0.05, 0.1) is 14.4 Å². The van der Waals surface area contributed by atoms with Gasteiger partial charge in [0, 0.05) is 12.0 Å². The summed E-state index contributed by atoms with van der Waals surface area (Å²) in [5, 5.41) is 0. The highest BCUT2D eigenvalue weighted by molar-refractivity contribution is 7.43. The first-order valence-electron chi connectivity index (χ1n) is 7.33. The van der Waals surface area contributed by atoms with Gasteiger partial charge in [-0.15, -0.1) is 0 Å². The van der Waals surface area contributed by atoms with Crippen LogP contribution >= 0.6 is 7.82 Å². The van der Waals surface area contributed by atoms with Gasteiger partial charge in [-0.25, -0.2) is 4.79 Å². The Balaban J connectivity index is 2.55. The van der Waals surface area contributed by atoms with Crippen LogP contribution in [0.2, 0.25) is 0 Å². The Bertz CT molecular complexity index is 491. The molecule has 1 rings (SSSR count). The van der Waals surface area contributed by atoms with Crippen LogP contribution in [0.4, 0.5) is 0 Å². The molecule has 1 unspecified atom stereocenters. The molecule has 0 saturated carbocycles. The lowest BCUT2D eigenvalue weighted by Crippen LogP contribution is -2.18. The lowest BCUT2D eigenvalue weighted by atomic mass is 9.98. The molecule has 0 amide bonds. The highest BCUT2D eigenvalue weighted by Crippen LogP contribution is 2.28. The lowest BCUT2D eigenvalue weighted by molar-refractivity contribution is -0.341. The molecule has 0 aromatic heterocycles. The summed E-state index contributed by atoms with van der Waals surface area (Å²) < 4.78 is 19.3. The van der Waals surface area contributed by atoms with E-state index < -0.39 is 26.2 Å². The standard InChI is InChI=1S/C14H23O7P/c1-3-10(2)6-4-5-7-12(15)13-11(8-20-14(13)16)9-21-22(17,18)19/h10H,3-9H2,1-2H3,(H2,17,18,19)/p-2. The Labute approximate surface area is 129 Å². The van der Waals surface area contributed by atoms with Crippen molar-refractivity contribution in [3.05, 3.63) is 11.1 Å². The predicted molar refractivity (Wildman–Crippen MR) is 74.5 cm³/mol. The first kappa shape index (κ1) is 19.0. The van der Waals surface area contributed by atoms with Crippen LogP contribution in [0.3, 0.4) is 0 Å². The first-order chi connectivity index (χ1) is 10.2. The molecule has 0 bridgehead atoms. The van der Waals surface area contributed by atoms with E-state index in [1.54, 1.807) is 0 Å². The van der Waals surface area contributed by atoms with E-state index in [9.17, 15) is 23.9 Å². The normalized spacial score (nSPS) is 16.8. The lowest BCUT2D eigenvalue weighted by Gasteiger charge is -2.28. The molecule has 22 heavy (non-hydrogen) atoms. The summed E-state index contributed by atoms with van der Waals surface area (Å²) in [6.45, 7) is 3.42. The number of esters is 1. The van der Waals surface area contributed by atoms with E-state index in [1.807, 2.05) is 0 Å². The van der Waals surface area contributed by atoms with E-state index >= 15 is 0 Å². The number of hydrogen-bond acceptors (Lipinski definition) is 7. The van der Waals surface area contributed by atoms with Crippen LogP contribution in [0.15, 0.2) is 11.1 Å². The summed E-state index contributed by atoms with van der Waals surface area (Å²) in [5.74, 6) is -0.577. The number of phosphoric ester groups is 1. The number of rotatable bonds is 10. The molecule has 8 heteroatoms. The fourth-order valence-corrected chi connectivity index (χ4v) is 2.44. The molecule has 1 aliphatic heterocycles. The molecule has 1 atom stereocenters. The Morgan fingerprint density at radius 1 is 1.41 bits per heavy atom. The average Bonchev–Trinajstić information content (AvgIpc) is 2.81. The molecule has 7 nitrogen and oxygen atoms in total. The van der Waals surface area contributed by atoms with Crippen LogP contribution in [-0.2, 0) is 23.4 Å². The summed E-state index contributed by atoms with van der Waals surface area (Å²) in [6.07, 6.45) is 3.81. The molecule has 0 aliphatic carbocycles. The Morgan fingerprint density at radius 3 is 2.68 bits per heavy atom. The summed E-state index contributed by atoms with van der Waals surface area (Å²) in [7, 11) is -5.15. The second-order valence-electron chi connectivity index (χ2n) is 5.46. The van der Waals surface area contributed by atoms with E-state index in [0.717, 1.165) is 19.3 Å². The highest BCUT2D eigenvalue weighted by Gasteiger charge is 2.30. The van der Waals surface area contributed by atoms with E-state index in [1.165, 1.54) is 0 Å². The molecule has 0 spiro atoms. The second kappa shape index (κ2) is 8.58. The maximum absolute atomic E-state index is 12.1. The molecule has 0 radical (unpaired) electrons.